The van der Waals surface area contributed by atoms with E-state index in [4.69, 9.17) is 0 Å². The number of hydrogen-bond acceptors (Lipinski definition) is 5. The number of aryl methyl sites for hydroxylation is 1. The maximum atomic E-state index is 4.65. The SMILES string of the molecule is Cc1ccc(-c2nccc3[nH]c(-c4[nH]nc5ncc(-c6cccnc6)cc45)cc23)s1. The van der Waals surface area contributed by atoms with Crippen molar-refractivity contribution >= 4 is 33.3 Å². The van der Waals surface area contributed by atoms with Crippen molar-refractivity contribution in [2.75, 3.05) is 0 Å². The number of aromatic amines is 2. The number of pyridine rings is 3. The summed E-state index contributed by atoms with van der Waals surface area (Å²) in [5.41, 5.74) is 6.61. The van der Waals surface area contributed by atoms with Gasteiger partial charge >= 0.3 is 0 Å². The van der Waals surface area contributed by atoms with Gasteiger partial charge in [-0.3, -0.25) is 15.1 Å². The summed E-state index contributed by atoms with van der Waals surface area (Å²) in [5, 5.41) is 9.61. The van der Waals surface area contributed by atoms with Gasteiger partial charge in [-0.1, -0.05) is 6.07 Å². The van der Waals surface area contributed by atoms with Crippen LogP contribution in [0.4, 0.5) is 0 Å². The van der Waals surface area contributed by atoms with Gasteiger partial charge in [0.25, 0.3) is 0 Å². The number of nitrogens with one attached hydrogen (secondary N) is 2. The molecule has 0 aliphatic rings. The minimum atomic E-state index is 0.684. The summed E-state index contributed by atoms with van der Waals surface area (Å²) >= 11 is 1.75. The van der Waals surface area contributed by atoms with E-state index >= 15 is 0 Å². The summed E-state index contributed by atoms with van der Waals surface area (Å²) in [7, 11) is 0. The zero-order chi connectivity index (χ0) is 20.1. The summed E-state index contributed by atoms with van der Waals surface area (Å²) in [6.07, 6.45) is 7.28. The van der Waals surface area contributed by atoms with E-state index in [1.807, 2.05) is 36.8 Å². The van der Waals surface area contributed by atoms with Crippen molar-refractivity contribution in [2.45, 2.75) is 6.92 Å². The van der Waals surface area contributed by atoms with Gasteiger partial charge in [-0.25, -0.2) is 4.98 Å². The van der Waals surface area contributed by atoms with Gasteiger partial charge in [0.1, 0.15) is 0 Å². The average Bonchev–Trinajstić information content (AvgIpc) is 3.51. The van der Waals surface area contributed by atoms with Crippen molar-refractivity contribution in [2.24, 2.45) is 0 Å². The van der Waals surface area contributed by atoms with Gasteiger partial charge < -0.3 is 4.98 Å². The van der Waals surface area contributed by atoms with Crippen LogP contribution in [-0.4, -0.2) is 30.1 Å². The first-order valence-electron chi connectivity index (χ1n) is 9.56. The third-order valence-corrected chi connectivity index (χ3v) is 6.20. The molecule has 0 aromatic carbocycles. The molecule has 6 nitrogen and oxygen atoms in total. The van der Waals surface area contributed by atoms with Crippen molar-refractivity contribution in [1.82, 2.24) is 30.1 Å². The van der Waals surface area contributed by atoms with Gasteiger partial charge in [-0.2, -0.15) is 5.10 Å². The van der Waals surface area contributed by atoms with Crippen LogP contribution in [0.3, 0.4) is 0 Å². The molecule has 144 valence electrons. The Labute approximate surface area is 175 Å². The zero-order valence-electron chi connectivity index (χ0n) is 16.0. The molecule has 0 fully saturated rings. The lowest BCUT2D eigenvalue weighted by atomic mass is 10.1. The monoisotopic (exact) mass is 408 g/mol. The van der Waals surface area contributed by atoms with Crippen LogP contribution in [0.25, 0.3) is 55.0 Å². The van der Waals surface area contributed by atoms with Crippen molar-refractivity contribution in [3.05, 3.63) is 72.1 Å². The van der Waals surface area contributed by atoms with Gasteiger partial charge in [0.15, 0.2) is 5.65 Å². The summed E-state index contributed by atoms with van der Waals surface area (Å²) < 4.78 is 0. The molecule has 6 aromatic heterocycles. The van der Waals surface area contributed by atoms with Gasteiger partial charge in [-0.15, -0.1) is 11.3 Å². The quantitative estimate of drug-likeness (QED) is 0.399. The van der Waals surface area contributed by atoms with Crippen molar-refractivity contribution in [1.29, 1.82) is 0 Å². The molecule has 30 heavy (non-hydrogen) atoms. The summed E-state index contributed by atoms with van der Waals surface area (Å²) in [4.78, 5) is 19.3. The van der Waals surface area contributed by atoms with E-state index in [0.29, 0.717) is 5.65 Å². The largest absolute Gasteiger partial charge is 0.353 e. The maximum Gasteiger partial charge on any atom is 0.181 e. The molecule has 0 aliphatic heterocycles. The molecule has 0 aliphatic carbocycles. The third kappa shape index (κ3) is 2.71. The van der Waals surface area contributed by atoms with E-state index in [1.54, 1.807) is 17.5 Å². The lowest BCUT2D eigenvalue weighted by molar-refractivity contribution is 1.10. The summed E-state index contributed by atoms with van der Waals surface area (Å²) in [5.74, 6) is 0. The number of rotatable bonds is 3. The Morgan fingerprint density at radius 3 is 2.70 bits per heavy atom. The van der Waals surface area contributed by atoms with Gasteiger partial charge in [0.2, 0.25) is 0 Å². The molecular weight excluding hydrogens is 392 g/mol. The average molecular weight is 408 g/mol. The number of nitrogens with zero attached hydrogens (tertiary/aromatic N) is 4. The predicted molar refractivity (Wildman–Crippen MR) is 120 cm³/mol. The summed E-state index contributed by atoms with van der Waals surface area (Å²) in [6, 6.07) is 14.4. The van der Waals surface area contributed by atoms with Crippen LogP contribution in [-0.2, 0) is 0 Å². The molecule has 7 heteroatoms. The topological polar surface area (TPSA) is 83.1 Å². The first kappa shape index (κ1) is 17.1. The normalized spacial score (nSPS) is 11.5. The molecule has 0 saturated heterocycles. The van der Waals surface area contributed by atoms with Crippen LogP contribution in [0.2, 0.25) is 0 Å². The molecule has 0 spiro atoms. The van der Waals surface area contributed by atoms with E-state index in [0.717, 1.165) is 44.5 Å². The minimum Gasteiger partial charge on any atom is -0.353 e. The van der Waals surface area contributed by atoms with Crippen LogP contribution in [0.1, 0.15) is 4.88 Å². The highest BCUT2D eigenvalue weighted by atomic mass is 32.1. The molecule has 0 atom stereocenters. The third-order valence-electron chi connectivity index (χ3n) is 5.20. The molecule has 6 heterocycles. The highest BCUT2D eigenvalue weighted by Crippen LogP contribution is 2.35. The Bertz CT molecular complexity index is 1510. The zero-order valence-corrected chi connectivity index (χ0v) is 16.9. The molecule has 0 unspecified atom stereocenters. The number of aromatic nitrogens is 6. The Morgan fingerprint density at radius 1 is 0.900 bits per heavy atom. The van der Waals surface area contributed by atoms with Crippen molar-refractivity contribution in [3.63, 3.8) is 0 Å². The standard InChI is InChI=1S/C23H16N6S/c1-13-4-5-20(30-13)22-16-10-19(27-18(16)6-8-25-22)21-17-9-15(12-26-23(17)29-28-21)14-3-2-7-24-11-14/h2-12,27H,1H3,(H,26,28,29). The Balaban J connectivity index is 1.52. The van der Waals surface area contributed by atoms with Gasteiger partial charge in [0, 0.05) is 57.1 Å². The number of H-pyrrole nitrogens is 2. The molecule has 0 amide bonds. The Kier molecular flexibility index (Phi) is 3.75. The smallest absolute Gasteiger partial charge is 0.181 e. The van der Waals surface area contributed by atoms with Gasteiger partial charge in [0.05, 0.1) is 22.0 Å². The van der Waals surface area contributed by atoms with Gasteiger partial charge in [-0.05, 0) is 43.3 Å². The fraction of sp³-hybridized carbons (Fsp3) is 0.0435. The highest BCUT2D eigenvalue weighted by Gasteiger charge is 2.15. The van der Waals surface area contributed by atoms with Crippen LogP contribution >= 0.6 is 11.3 Å². The predicted octanol–water partition coefficient (Wildman–Crippen LogP) is 5.60. The maximum absolute atomic E-state index is 4.65. The molecule has 0 bridgehead atoms. The first-order valence-corrected chi connectivity index (χ1v) is 10.4. The minimum absolute atomic E-state index is 0.684. The number of thiophene rings is 1. The molecule has 6 rings (SSSR count). The second-order valence-corrected chi connectivity index (χ2v) is 8.44. The molecular formula is C23H16N6S. The van der Waals surface area contributed by atoms with Crippen molar-refractivity contribution < 1.29 is 0 Å². The fourth-order valence-corrected chi connectivity index (χ4v) is 4.62. The number of fused-ring (bicyclic) bond motifs is 2. The molecule has 6 aromatic rings. The highest BCUT2D eigenvalue weighted by molar-refractivity contribution is 7.15. The molecule has 0 radical (unpaired) electrons. The Morgan fingerprint density at radius 2 is 1.87 bits per heavy atom. The van der Waals surface area contributed by atoms with Crippen molar-refractivity contribution in [3.8, 4) is 33.1 Å². The van der Waals surface area contributed by atoms with E-state index in [-0.39, 0.29) is 0 Å². The fourth-order valence-electron chi connectivity index (χ4n) is 3.74. The molecule has 2 N–H and O–H groups in total. The lowest BCUT2D eigenvalue weighted by Crippen LogP contribution is -1.83. The second kappa shape index (κ2) is 6.60. The van der Waals surface area contributed by atoms with Crippen LogP contribution in [0.5, 0.6) is 0 Å². The summed E-state index contributed by atoms with van der Waals surface area (Å²) in [6.45, 7) is 2.11. The van der Waals surface area contributed by atoms with E-state index in [1.165, 1.54) is 9.75 Å². The van der Waals surface area contributed by atoms with E-state index in [9.17, 15) is 0 Å². The molecule has 0 saturated carbocycles. The van der Waals surface area contributed by atoms with Crippen LogP contribution in [0.15, 0.2) is 67.3 Å². The Hall–Kier alpha value is -3.84. The second-order valence-electron chi connectivity index (χ2n) is 7.15. The lowest BCUT2D eigenvalue weighted by Gasteiger charge is -2.01. The van der Waals surface area contributed by atoms with E-state index < -0.39 is 0 Å². The first-order chi connectivity index (χ1) is 14.8. The number of hydrogen-bond donors (Lipinski definition) is 2. The van der Waals surface area contributed by atoms with Crippen LogP contribution < -0.4 is 0 Å². The van der Waals surface area contributed by atoms with E-state index in [2.05, 4.69) is 61.3 Å². The van der Waals surface area contributed by atoms with Crippen LogP contribution in [0, 0.1) is 6.92 Å².